The number of carbonyl (C=O) groups excluding carboxylic acids is 1. The number of esters is 1. The quantitative estimate of drug-likeness (QED) is 0.433. The maximum Gasteiger partial charge on any atom is 0.337 e. The normalized spacial score (nSPS) is 51.6. The summed E-state index contributed by atoms with van der Waals surface area (Å²) in [6.07, 6.45) is -5.78. The molecule has 3 heterocycles. The molecule has 3 aliphatic heterocycles. The molecule has 9 heteroatoms. The number of carbonyl (C=O) groups is 1. The summed E-state index contributed by atoms with van der Waals surface area (Å²) < 4.78 is 22.1. The van der Waals surface area contributed by atoms with E-state index in [0.717, 1.165) is 0 Å². The predicted molar refractivity (Wildman–Crippen MR) is 78.4 cm³/mol. The average molecular weight is 358 g/mol. The van der Waals surface area contributed by atoms with Gasteiger partial charge >= 0.3 is 5.97 Å². The summed E-state index contributed by atoms with van der Waals surface area (Å²) in [5.74, 6) is -0.519. The highest BCUT2D eigenvalue weighted by Crippen LogP contribution is 2.52. The van der Waals surface area contributed by atoms with Crippen LogP contribution in [-0.4, -0.2) is 76.1 Å². The van der Waals surface area contributed by atoms with E-state index in [1.54, 1.807) is 0 Å². The molecule has 1 saturated carbocycles. The van der Waals surface area contributed by atoms with Crippen LogP contribution in [0.4, 0.5) is 0 Å². The smallest absolute Gasteiger partial charge is 0.337 e. The maximum absolute atomic E-state index is 11.9. The van der Waals surface area contributed by atoms with Gasteiger partial charge in [0.15, 0.2) is 6.29 Å². The molecular formula is C16H22O9. The van der Waals surface area contributed by atoms with Crippen molar-refractivity contribution in [2.45, 2.75) is 56.4 Å². The van der Waals surface area contributed by atoms with Gasteiger partial charge in [-0.05, 0) is 12.3 Å². The second kappa shape index (κ2) is 6.19. The number of ether oxygens (including phenoxy) is 4. The van der Waals surface area contributed by atoms with Crippen LogP contribution in [0.5, 0.6) is 0 Å². The van der Waals surface area contributed by atoms with Gasteiger partial charge in [-0.15, -0.1) is 0 Å². The molecule has 3 fully saturated rings. The Kier molecular flexibility index (Phi) is 4.25. The Morgan fingerprint density at radius 2 is 1.96 bits per heavy atom. The summed E-state index contributed by atoms with van der Waals surface area (Å²) in [6.45, 7) is 1.47. The van der Waals surface area contributed by atoms with Crippen molar-refractivity contribution in [3.05, 3.63) is 11.8 Å². The Hall–Kier alpha value is -1.23. The molecule has 0 aromatic carbocycles. The standard InChI is InChI=1S/C16H22O9/c1-5-2-7-10-6(14(21)23-7)4-22-15(9(5)10)25-16-13(20)12(19)11(18)8(3-17)24-16/h4-5,7-13,15-20H,2-3H2,1H3. The first-order valence-corrected chi connectivity index (χ1v) is 8.45. The molecule has 1 aliphatic carbocycles. The van der Waals surface area contributed by atoms with Crippen molar-refractivity contribution in [2.75, 3.05) is 6.61 Å². The van der Waals surface area contributed by atoms with Crippen LogP contribution in [0.1, 0.15) is 13.3 Å². The first-order chi connectivity index (χ1) is 11.9. The van der Waals surface area contributed by atoms with E-state index in [0.29, 0.717) is 12.0 Å². The second-order valence-corrected chi connectivity index (χ2v) is 7.17. The highest BCUT2D eigenvalue weighted by atomic mass is 16.8. The molecule has 140 valence electrons. The van der Waals surface area contributed by atoms with Crippen molar-refractivity contribution in [2.24, 2.45) is 17.8 Å². The van der Waals surface area contributed by atoms with Gasteiger partial charge in [-0.25, -0.2) is 4.79 Å². The molecule has 25 heavy (non-hydrogen) atoms. The van der Waals surface area contributed by atoms with Gasteiger partial charge < -0.3 is 39.4 Å². The van der Waals surface area contributed by atoms with Crippen molar-refractivity contribution in [3.8, 4) is 0 Å². The largest absolute Gasteiger partial charge is 0.472 e. The third kappa shape index (κ3) is 2.57. The van der Waals surface area contributed by atoms with Crippen molar-refractivity contribution < 1.29 is 44.2 Å². The predicted octanol–water partition coefficient (Wildman–Crippen LogP) is -1.76. The van der Waals surface area contributed by atoms with Crippen LogP contribution < -0.4 is 0 Å². The zero-order chi connectivity index (χ0) is 17.9. The van der Waals surface area contributed by atoms with Crippen LogP contribution in [0.15, 0.2) is 11.8 Å². The number of aliphatic hydroxyl groups is 4. The van der Waals surface area contributed by atoms with Crippen LogP contribution in [0.25, 0.3) is 0 Å². The first kappa shape index (κ1) is 17.2. The Bertz CT molecular complexity index is 576. The highest BCUT2D eigenvalue weighted by molar-refractivity contribution is 5.91. The maximum atomic E-state index is 11.9. The Morgan fingerprint density at radius 1 is 1.20 bits per heavy atom. The molecule has 10 atom stereocenters. The third-order valence-corrected chi connectivity index (χ3v) is 5.69. The Labute approximate surface area is 143 Å². The second-order valence-electron chi connectivity index (χ2n) is 7.17. The van der Waals surface area contributed by atoms with Crippen LogP contribution in [0, 0.1) is 17.8 Å². The molecule has 0 bridgehead atoms. The van der Waals surface area contributed by atoms with E-state index in [1.165, 1.54) is 6.26 Å². The molecule has 4 N–H and O–H groups in total. The fraction of sp³-hybridized carbons (Fsp3) is 0.812. The summed E-state index contributed by atoms with van der Waals surface area (Å²) in [7, 11) is 0. The minimum Gasteiger partial charge on any atom is -0.472 e. The van der Waals surface area contributed by atoms with E-state index >= 15 is 0 Å². The van der Waals surface area contributed by atoms with Gasteiger partial charge in [0.25, 0.3) is 0 Å². The van der Waals surface area contributed by atoms with Gasteiger partial charge in [-0.2, -0.15) is 0 Å². The minimum absolute atomic E-state index is 0.133. The van der Waals surface area contributed by atoms with E-state index in [1.807, 2.05) is 6.92 Å². The van der Waals surface area contributed by atoms with E-state index in [2.05, 4.69) is 0 Å². The molecule has 0 amide bonds. The molecule has 0 aromatic rings. The number of rotatable bonds is 3. The lowest BCUT2D eigenvalue weighted by Crippen LogP contribution is -2.60. The van der Waals surface area contributed by atoms with Crippen molar-refractivity contribution in [1.29, 1.82) is 0 Å². The summed E-state index contributed by atoms with van der Waals surface area (Å²) in [4.78, 5) is 11.9. The van der Waals surface area contributed by atoms with Crippen molar-refractivity contribution in [3.63, 3.8) is 0 Å². The average Bonchev–Trinajstić information content (AvgIpc) is 3.08. The van der Waals surface area contributed by atoms with E-state index in [9.17, 15) is 25.2 Å². The molecule has 0 aromatic heterocycles. The fourth-order valence-electron chi connectivity index (χ4n) is 4.37. The summed E-state index contributed by atoms with van der Waals surface area (Å²) in [5.41, 5.74) is 0.494. The Morgan fingerprint density at radius 3 is 2.68 bits per heavy atom. The highest BCUT2D eigenvalue weighted by Gasteiger charge is 2.58. The molecular weight excluding hydrogens is 336 g/mol. The van der Waals surface area contributed by atoms with Crippen LogP contribution in [0.3, 0.4) is 0 Å². The lowest BCUT2D eigenvalue weighted by atomic mass is 9.84. The lowest BCUT2D eigenvalue weighted by molar-refractivity contribution is -0.342. The molecule has 9 nitrogen and oxygen atoms in total. The zero-order valence-corrected chi connectivity index (χ0v) is 13.6. The zero-order valence-electron chi connectivity index (χ0n) is 13.6. The molecule has 0 radical (unpaired) electrons. The SMILES string of the molecule is CC1CC2OC(=O)C3=COC(OC4OC(CO)C(O)C(O)C4O)C1C32. The van der Waals surface area contributed by atoms with Gasteiger partial charge in [0.2, 0.25) is 6.29 Å². The van der Waals surface area contributed by atoms with E-state index < -0.39 is 43.6 Å². The topological polar surface area (TPSA) is 135 Å². The third-order valence-electron chi connectivity index (χ3n) is 5.69. The lowest BCUT2D eigenvalue weighted by Gasteiger charge is -2.42. The van der Waals surface area contributed by atoms with Crippen LogP contribution in [0.2, 0.25) is 0 Å². The van der Waals surface area contributed by atoms with Gasteiger partial charge in [-0.1, -0.05) is 6.92 Å². The van der Waals surface area contributed by atoms with E-state index in [-0.39, 0.29) is 29.8 Å². The monoisotopic (exact) mass is 358 g/mol. The molecule has 0 spiro atoms. The summed E-state index contributed by atoms with van der Waals surface area (Å²) in [5, 5.41) is 39.1. The molecule has 4 rings (SSSR count). The Balaban J connectivity index is 1.53. The number of aliphatic hydroxyl groups excluding tert-OH is 4. The first-order valence-electron chi connectivity index (χ1n) is 8.45. The summed E-state index contributed by atoms with van der Waals surface area (Å²) >= 11 is 0. The van der Waals surface area contributed by atoms with Crippen LogP contribution >= 0.6 is 0 Å². The number of hydrogen-bond donors (Lipinski definition) is 4. The molecule has 10 unspecified atom stereocenters. The fourth-order valence-corrected chi connectivity index (χ4v) is 4.37. The molecule has 4 aliphatic rings. The van der Waals surface area contributed by atoms with Gasteiger partial charge in [0.05, 0.1) is 18.4 Å². The van der Waals surface area contributed by atoms with Gasteiger partial charge in [0, 0.05) is 11.8 Å². The number of hydrogen-bond acceptors (Lipinski definition) is 9. The minimum atomic E-state index is -1.52. The van der Waals surface area contributed by atoms with E-state index in [4.69, 9.17) is 18.9 Å². The summed E-state index contributed by atoms with van der Waals surface area (Å²) in [6, 6.07) is 0. The van der Waals surface area contributed by atoms with Crippen molar-refractivity contribution in [1.82, 2.24) is 0 Å². The van der Waals surface area contributed by atoms with Crippen molar-refractivity contribution >= 4 is 5.97 Å². The van der Waals surface area contributed by atoms with Gasteiger partial charge in [0.1, 0.15) is 30.5 Å². The molecule has 2 saturated heterocycles. The van der Waals surface area contributed by atoms with Gasteiger partial charge in [-0.3, -0.25) is 0 Å². The van der Waals surface area contributed by atoms with Crippen LogP contribution in [-0.2, 0) is 23.7 Å².